The van der Waals surface area contributed by atoms with Crippen LogP contribution in [0.3, 0.4) is 0 Å². The molecule has 0 heterocycles. The number of rotatable bonds is 30. The van der Waals surface area contributed by atoms with Gasteiger partial charge in [0.2, 0.25) is 5.91 Å². The van der Waals surface area contributed by atoms with Gasteiger partial charge in [0.15, 0.2) is 0 Å². The zero-order valence-corrected chi connectivity index (χ0v) is 26.7. The fraction of sp³-hybridized carbons (Fsp3) is 0.903. The van der Waals surface area contributed by atoms with E-state index in [2.05, 4.69) is 19.2 Å². The molecule has 0 aliphatic rings. The largest absolute Gasteiger partial charge is 0.472 e. The zero-order valence-electron chi connectivity index (χ0n) is 25.8. The van der Waals surface area contributed by atoms with Crippen LogP contribution in [0, 0.1) is 0 Å². The Hall–Kier alpha value is -0.760. The summed E-state index contributed by atoms with van der Waals surface area (Å²) >= 11 is 0. The molecule has 0 rings (SSSR count). The van der Waals surface area contributed by atoms with Crippen LogP contribution >= 0.6 is 7.82 Å². The second-order valence-corrected chi connectivity index (χ2v) is 12.5. The highest BCUT2D eigenvalue weighted by Gasteiger charge is 2.26. The molecule has 8 nitrogen and oxygen atoms in total. The Morgan fingerprint density at radius 3 is 1.77 bits per heavy atom. The maximum atomic E-state index is 12.6. The molecule has 9 heteroatoms. The third-order valence-corrected chi connectivity index (χ3v) is 8.10. The van der Waals surface area contributed by atoms with Crippen molar-refractivity contribution in [2.75, 3.05) is 19.8 Å². The molecular weight excluding hydrogens is 527 g/mol. The predicted molar refractivity (Wildman–Crippen MR) is 166 cm³/mol. The molecule has 0 aliphatic heterocycles. The smallest absolute Gasteiger partial charge is 0.387 e. The number of nitrogens with two attached hydrogens (primary N) is 1. The van der Waals surface area contributed by atoms with Gasteiger partial charge in [0.05, 0.1) is 25.4 Å². The molecule has 0 saturated carbocycles. The first-order valence-electron chi connectivity index (χ1n) is 16.3. The van der Waals surface area contributed by atoms with Gasteiger partial charge < -0.3 is 21.1 Å². The maximum Gasteiger partial charge on any atom is 0.472 e. The Bertz CT molecular complexity index is 649. The highest BCUT2D eigenvalue weighted by molar-refractivity contribution is 7.47. The summed E-state index contributed by atoms with van der Waals surface area (Å²) in [6.07, 6.45) is 26.8. The third kappa shape index (κ3) is 26.2. The van der Waals surface area contributed by atoms with Crippen LogP contribution in [0.5, 0.6) is 0 Å². The van der Waals surface area contributed by atoms with Gasteiger partial charge in [-0.3, -0.25) is 13.8 Å². The average Bonchev–Trinajstić information content (AvgIpc) is 2.93. The summed E-state index contributed by atoms with van der Waals surface area (Å²) < 4.78 is 21.9. The van der Waals surface area contributed by atoms with Crippen LogP contribution in [-0.4, -0.2) is 47.8 Å². The number of carbonyl (C=O) groups is 1. The molecule has 3 unspecified atom stereocenters. The Morgan fingerprint density at radius 1 is 0.800 bits per heavy atom. The number of nitrogens with one attached hydrogen (secondary N) is 1. The molecule has 0 radical (unpaired) electrons. The van der Waals surface area contributed by atoms with Crippen LogP contribution < -0.4 is 11.1 Å². The van der Waals surface area contributed by atoms with E-state index in [-0.39, 0.29) is 25.7 Å². The second kappa shape index (κ2) is 28.4. The molecule has 0 saturated heterocycles. The highest BCUT2D eigenvalue weighted by atomic mass is 31.2. The Balaban J connectivity index is 4.39. The van der Waals surface area contributed by atoms with E-state index < -0.39 is 20.0 Å². The topological polar surface area (TPSA) is 131 Å². The first-order chi connectivity index (χ1) is 19.4. The Labute approximate surface area is 245 Å². The third-order valence-electron chi connectivity index (χ3n) is 7.11. The molecule has 40 heavy (non-hydrogen) atoms. The summed E-state index contributed by atoms with van der Waals surface area (Å²) in [5.41, 5.74) is 5.33. The van der Waals surface area contributed by atoms with E-state index in [0.717, 1.165) is 38.5 Å². The molecule has 3 atom stereocenters. The number of hydrogen-bond donors (Lipinski definition) is 4. The Morgan fingerprint density at radius 2 is 1.27 bits per heavy atom. The number of allylic oxidation sites excluding steroid dienone is 1. The van der Waals surface area contributed by atoms with Crippen molar-refractivity contribution in [2.45, 2.75) is 161 Å². The molecule has 1 amide bonds. The van der Waals surface area contributed by atoms with Gasteiger partial charge in [-0.15, -0.1) is 0 Å². The van der Waals surface area contributed by atoms with E-state index in [1.807, 2.05) is 6.08 Å². The molecule has 0 aromatic carbocycles. The molecule has 0 aromatic rings. The van der Waals surface area contributed by atoms with Gasteiger partial charge in [0.1, 0.15) is 0 Å². The zero-order chi connectivity index (χ0) is 29.7. The molecule has 238 valence electrons. The lowest BCUT2D eigenvalue weighted by Crippen LogP contribution is -2.45. The van der Waals surface area contributed by atoms with E-state index >= 15 is 0 Å². The van der Waals surface area contributed by atoms with Crippen LogP contribution in [0.4, 0.5) is 0 Å². The molecular formula is C31H63N2O6P. The first-order valence-corrected chi connectivity index (χ1v) is 17.8. The summed E-state index contributed by atoms with van der Waals surface area (Å²) in [4.78, 5) is 22.4. The first kappa shape index (κ1) is 39.2. The Kier molecular flexibility index (Phi) is 27.8. The fourth-order valence-corrected chi connectivity index (χ4v) is 5.36. The van der Waals surface area contributed by atoms with Crippen LogP contribution in [0.2, 0.25) is 0 Å². The minimum Gasteiger partial charge on any atom is -0.387 e. The summed E-state index contributed by atoms with van der Waals surface area (Å²) in [6.45, 7) is 4.07. The number of hydrogen-bond acceptors (Lipinski definition) is 6. The number of phosphoric ester groups is 1. The van der Waals surface area contributed by atoms with E-state index in [1.54, 1.807) is 6.08 Å². The molecule has 0 aromatic heterocycles. The van der Waals surface area contributed by atoms with Crippen molar-refractivity contribution in [2.24, 2.45) is 5.73 Å². The van der Waals surface area contributed by atoms with Gasteiger partial charge in [-0.2, -0.15) is 0 Å². The summed E-state index contributed by atoms with van der Waals surface area (Å²) in [5, 5.41) is 13.5. The number of unbranched alkanes of at least 4 members (excludes halogenated alkanes) is 18. The maximum absolute atomic E-state index is 12.6. The van der Waals surface area contributed by atoms with Crippen molar-refractivity contribution in [3.63, 3.8) is 0 Å². The van der Waals surface area contributed by atoms with Crippen LogP contribution in [0.25, 0.3) is 0 Å². The summed E-state index contributed by atoms with van der Waals surface area (Å²) in [7, 11) is -4.31. The second-order valence-electron chi connectivity index (χ2n) is 11.0. The van der Waals surface area contributed by atoms with Crippen molar-refractivity contribution in [3.05, 3.63) is 12.2 Å². The average molecular weight is 591 g/mol. The predicted octanol–water partition coefficient (Wildman–Crippen LogP) is 7.71. The normalized spacial score (nSPS) is 14.8. The van der Waals surface area contributed by atoms with Gasteiger partial charge in [-0.1, -0.05) is 135 Å². The molecule has 0 spiro atoms. The quantitative estimate of drug-likeness (QED) is 0.0383. The van der Waals surface area contributed by atoms with Crippen LogP contribution in [0.1, 0.15) is 149 Å². The number of amides is 1. The van der Waals surface area contributed by atoms with Crippen LogP contribution in [0.15, 0.2) is 12.2 Å². The van der Waals surface area contributed by atoms with Crippen molar-refractivity contribution >= 4 is 13.7 Å². The van der Waals surface area contributed by atoms with Crippen molar-refractivity contribution in [1.82, 2.24) is 5.32 Å². The van der Waals surface area contributed by atoms with Gasteiger partial charge in [-0.05, 0) is 19.3 Å². The fourth-order valence-electron chi connectivity index (χ4n) is 4.60. The van der Waals surface area contributed by atoms with Crippen molar-refractivity contribution in [3.8, 4) is 0 Å². The van der Waals surface area contributed by atoms with E-state index in [4.69, 9.17) is 14.8 Å². The van der Waals surface area contributed by atoms with Gasteiger partial charge >= 0.3 is 7.82 Å². The molecule has 0 bridgehead atoms. The SMILES string of the molecule is CCCCCCCCC/C=C/C(O)C(COP(=O)(O)OCCN)NC(=O)CCCCCCCCCCCCCC. The van der Waals surface area contributed by atoms with E-state index in [0.29, 0.717) is 6.42 Å². The molecule has 5 N–H and O–H groups in total. The van der Waals surface area contributed by atoms with Crippen LogP contribution in [-0.2, 0) is 18.4 Å². The standard InChI is InChI=1S/C31H63N2O6P/c1-3-5-7-9-11-13-14-15-17-19-21-23-25-31(35)33-29(28-39-40(36,37)38-27-26-32)30(34)24-22-20-18-16-12-10-8-6-4-2/h22,24,29-30,34H,3-21,23,25-28,32H2,1-2H3,(H,33,35)(H,36,37)/b24-22+. The number of aliphatic hydroxyl groups excluding tert-OH is 1. The van der Waals surface area contributed by atoms with Crippen molar-refractivity contribution < 1.29 is 28.4 Å². The minimum absolute atomic E-state index is 0.0804. The monoisotopic (exact) mass is 590 g/mol. The number of phosphoric acid groups is 1. The van der Waals surface area contributed by atoms with Gasteiger partial charge in [-0.25, -0.2) is 4.57 Å². The van der Waals surface area contributed by atoms with Gasteiger partial charge in [0, 0.05) is 13.0 Å². The number of carbonyl (C=O) groups excluding carboxylic acids is 1. The highest BCUT2D eigenvalue weighted by Crippen LogP contribution is 2.43. The molecule has 0 aliphatic carbocycles. The molecule has 0 fully saturated rings. The summed E-state index contributed by atoms with van der Waals surface area (Å²) in [5.74, 6) is -0.198. The number of aliphatic hydroxyl groups is 1. The lowest BCUT2D eigenvalue weighted by Gasteiger charge is -2.23. The van der Waals surface area contributed by atoms with E-state index in [9.17, 15) is 19.4 Å². The minimum atomic E-state index is -4.31. The lowest BCUT2D eigenvalue weighted by atomic mass is 10.0. The lowest BCUT2D eigenvalue weighted by molar-refractivity contribution is -0.123. The summed E-state index contributed by atoms with van der Waals surface area (Å²) in [6, 6.07) is -0.850. The van der Waals surface area contributed by atoms with Crippen molar-refractivity contribution in [1.29, 1.82) is 0 Å². The van der Waals surface area contributed by atoms with Gasteiger partial charge in [0.25, 0.3) is 0 Å². The van der Waals surface area contributed by atoms with E-state index in [1.165, 1.54) is 89.9 Å².